The number of fused-ring (bicyclic) bond motifs is 1. The summed E-state index contributed by atoms with van der Waals surface area (Å²) < 4.78 is 0. The van der Waals surface area contributed by atoms with E-state index in [2.05, 4.69) is 26.8 Å². The van der Waals surface area contributed by atoms with E-state index in [4.69, 9.17) is 16.6 Å². The van der Waals surface area contributed by atoms with E-state index in [1.807, 2.05) is 30.6 Å². The molecule has 0 saturated heterocycles. The fourth-order valence-corrected chi connectivity index (χ4v) is 3.32. The third kappa shape index (κ3) is 3.52. The molecule has 0 N–H and O–H groups in total. The number of halogens is 1. The fourth-order valence-electron chi connectivity index (χ4n) is 3.11. The molecule has 0 saturated carbocycles. The van der Waals surface area contributed by atoms with Crippen molar-refractivity contribution in [2.45, 2.75) is 26.4 Å². The van der Waals surface area contributed by atoms with Gasteiger partial charge in [0.1, 0.15) is 5.15 Å². The van der Waals surface area contributed by atoms with E-state index >= 15 is 0 Å². The maximum absolute atomic E-state index is 5.95. The van der Waals surface area contributed by atoms with Crippen molar-refractivity contribution >= 4 is 11.6 Å². The van der Waals surface area contributed by atoms with Gasteiger partial charge in [-0.25, -0.2) is 15.0 Å². The van der Waals surface area contributed by atoms with Gasteiger partial charge in [-0.1, -0.05) is 11.6 Å². The van der Waals surface area contributed by atoms with Gasteiger partial charge in [-0.15, -0.1) is 0 Å². The minimum Gasteiger partial charge on any atom is -0.294 e. The maximum atomic E-state index is 5.95. The standard InChI is InChI=1S/C19H18ClN5/c1-13-8-18(20)22-9-15(13)11-25-7-4-17-16(12-25)10-23-19(24-17)14-2-5-21-6-3-14/h2-3,5-6,8-10H,4,7,11-12H2,1H3. The Balaban J connectivity index is 1.52. The Hall–Kier alpha value is -2.37. The van der Waals surface area contributed by atoms with Crippen molar-refractivity contribution in [2.24, 2.45) is 0 Å². The Morgan fingerprint density at radius 3 is 2.80 bits per heavy atom. The molecular formula is C19H18ClN5. The lowest BCUT2D eigenvalue weighted by atomic mass is 10.1. The van der Waals surface area contributed by atoms with Gasteiger partial charge >= 0.3 is 0 Å². The molecule has 0 unspecified atom stereocenters. The van der Waals surface area contributed by atoms with Crippen molar-refractivity contribution in [3.8, 4) is 11.4 Å². The predicted octanol–water partition coefficient (Wildman–Crippen LogP) is 3.45. The van der Waals surface area contributed by atoms with Gasteiger partial charge in [-0.05, 0) is 36.2 Å². The molecule has 0 amide bonds. The third-order valence-electron chi connectivity index (χ3n) is 4.53. The maximum Gasteiger partial charge on any atom is 0.159 e. The molecule has 0 aliphatic carbocycles. The molecule has 4 heterocycles. The molecule has 0 atom stereocenters. The number of hydrogen-bond acceptors (Lipinski definition) is 5. The zero-order valence-electron chi connectivity index (χ0n) is 14.0. The molecule has 0 bridgehead atoms. The van der Waals surface area contributed by atoms with Gasteiger partial charge in [0, 0.05) is 62.0 Å². The van der Waals surface area contributed by atoms with Crippen LogP contribution in [0.15, 0.2) is 43.0 Å². The fraction of sp³-hybridized carbons (Fsp3) is 0.263. The number of rotatable bonds is 3. The zero-order valence-corrected chi connectivity index (χ0v) is 14.7. The Labute approximate surface area is 151 Å². The third-order valence-corrected chi connectivity index (χ3v) is 4.74. The summed E-state index contributed by atoms with van der Waals surface area (Å²) in [5, 5.41) is 0.544. The summed E-state index contributed by atoms with van der Waals surface area (Å²) in [7, 11) is 0. The predicted molar refractivity (Wildman–Crippen MR) is 97.1 cm³/mol. The second-order valence-corrected chi connectivity index (χ2v) is 6.68. The molecule has 126 valence electrons. The molecule has 5 nitrogen and oxygen atoms in total. The first-order valence-corrected chi connectivity index (χ1v) is 8.65. The monoisotopic (exact) mass is 351 g/mol. The normalized spacial score (nSPS) is 14.3. The van der Waals surface area contributed by atoms with Crippen molar-refractivity contribution in [2.75, 3.05) is 6.54 Å². The van der Waals surface area contributed by atoms with Gasteiger partial charge in [0.2, 0.25) is 0 Å². The lowest BCUT2D eigenvalue weighted by Crippen LogP contribution is -2.31. The minimum atomic E-state index is 0.544. The number of pyridine rings is 2. The van der Waals surface area contributed by atoms with Crippen LogP contribution in [0.2, 0.25) is 5.15 Å². The number of aromatic nitrogens is 4. The lowest BCUT2D eigenvalue weighted by Gasteiger charge is -2.28. The van der Waals surface area contributed by atoms with E-state index in [0.29, 0.717) is 5.15 Å². The van der Waals surface area contributed by atoms with E-state index in [-0.39, 0.29) is 0 Å². The topological polar surface area (TPSA) is 54.8 Å². The summed E-state index contributed by atoms with van der Waals surface area (Å²) in [6.07, 6.45) is 8.29. The summed E-state index contributed by atoms with van der Waals surface area (Å²) in [6.45, 7) is 4.77. The summed E-state index contributed by atoms with van der Waals surface area (Å²) in [5.74, 6) is 0.771. The van der Waals surface area contributed by atoms with Crippen LogP contribution in [0, 0.1) is 6.92 Å². The molecule has 25 heavy (non-hydrogen) atoms. The van der Waals surface area contributed by atoms with Crippen molar-refractivity contribution in [3.05, 3.63) is 70.5 Å². The molecule has 4 rings (SSSR count). The van der Waals surface area contributed by atoms with Gasteiger partial charge < -0.3 is 0 Å². The molecule has 1 aliphatic rings. The quantitative estimate of drug-likeness (QED) is 0.676. The Morgan fingerprint density at radius 2 is 2.00 bits per heavy atom. The van der Waals surface area contributed by atoms with Crippen LogP contribution in [0.1, 0.15) is 22.4 Å². The molecule has 0 spiro atoms. The van der Waals surface area contributed by atoms with Crippen LogP contribution in [0.5, 0.6) is 0 Å². The number of hydrogen-bond donors (Lipinski definition) is 0. The molecule has 6 heteroatoms. The molecule has 3 aromatic heterocycles. The summed E-state index contributed by atoms with van der Waals surface area (Å²) >= 11 is 5.95. The highest BCUT2D eigenvalue weighted by atomic mass is 35.5. The van der Waals surface area contributed by atoms with Crippen LogP contribution in [-0.4, -0.2) is 31.4 Å². The van der Waals surface area contributed by atoms with Gasteiger partial charge in [0.25, 0.3) is 0 Å². The van der Waals surface area contributed by atoms with E-state index in [9.17, 15) is 0 Å². The number of nitrogens with zero attached hydrogens (tertiary/aromatic N) is 5. The van der Waals surface area contributed by atoms with Crippen molar-refractivity contribution in [1.82, 2.24) is 24.8 Å². The van der Waals surface area contributed by atoms with Crippen LogP contribution in [0.4, 0.5) is 0 Å². The van der Waals surface area contributed by atoms with Crippen molar-refractivity contribution in [1.29, 1.82) is 0 Å². The molecule has 0 aromatic carbocycles. The Morgan fingerprint density at radius 1 is 1.16 bits per heavy atom. The lowest BCUT2D eigenvalue weighted by molar-refractivity contribution is 0.242. The largest absolute Gasteiger partial charge is 0.294 e. The summed E-state index contributed by atoms with van der Waals surface area (Å²) in [5.41, 5.74) is 5.73. The second-order valence-electron chi connectivity index (χ2n) is 6.30. The van der Waals surface area contributed by atoms with Gasteiger partial charge in [0.15, 0.2) is 5.82 Å². The van der Waals surface area contributed by atoms with Crippen molar-refractivity contribution < 1.29 is 0 Å². The highest BCUT2D eigenvalue weighted by Crippen LogP contribution is 2.22. The van der Waals surface area contributed by atoms with Gasteiger partial charge in [-0.2, -0.15) is 0 Å². The smallest absolute Gasteiger partial charge is 0.159 e. The van der Waals surface area contributed by atoms with E-state index < -0.39 is 0 Å². The first kappa shape index (κ1) is 16.1. The van der Waals surface area contributed by atoms with Gasteiger partial charge in [-0.3, -0.25) is 9.88 Å². The molecule has 0 radical (unpaired) electrons. The summed E-state index contributed by atoms with van der Waals surface area (Å²) in [6, 6.07) is 5.79. The van der Waals surface area contributed by atoms with Crippen LogP contribution in [0.3, 0.4) is 0 Å². The molecule has 1 aliphatic heterocycles. The van der Waals surface area contributed by atoms with Crippen LogP contribution >= 0.6 is 11.6 Å². The summed E-state index contributed by atoms with van der Waals surface area (Å²) in [4.78, 5) is 19.9. The van der Waals surface area contributed by atoms with E-state index in [1.54, 1.807) is 12.4 Å². The van der Waals surface area contributed by atoms with E-state index in [1.165, 1.54) is 16.7 Å². The van der Waals surface area contributed by atoms with Gasteiger partial charge in [0.05, 0.1) is 5.69 Å². The Bertz CT molecular complexity index is 898. The average Bonchev–Trinajstić information content (AvgIpc) is 2.64. The first-order valence-electron chi connectivity index (χ1n) is 8.27. The molecule has 0 fully saturated rings. The highest BCUT2D eigenvalue weighted by Gasteiger charge is 2.19. The number of aryl methyl sites for hydroxylation is 1. The Kier molecular flexibility index (Phi) is 4.42. The zero-order chi connectivity index (χ0) is 17.2. The van der Waals surface area contributed by atoms with Crippen LogP contribution < -0.4 is 0 Å². The molecular weight excluding hydrogens is 334 g/mol. The first-order chi connectivity index (χ1) is 12.2. The van der Waals surface area contributed by atoms with Crippen LogP contribution in [-0.2, 0) is 19.5 Å². The van der Waals surface area contributed by atoms with Crippen LogP contribution in [0.25, 0.3) is 11.4 Å². The molecule has 3 aromatic rings. The highest BCUT2D eigenvalue weighted by molar-refractivity contribution is 6.29. The minimum absolute atomic E-state index is 0.544. The second kappa shape index (κ2) is 6.86. The van der Waals surface area contributed by atoms with E-state index in [0.717, 1.165) is 43.1 Å². The van der Waals surface area contributed by atoms with Crippen molar-refractivity contribution in [3.63, 3.8) is 0 Å². The SMILES string of the molecule is Cc1cc(Cl)ncc1CN1CCc2nc(-c3ccncc3)ncc2C1. The average molecular weight is 352 g/mol.